The Bertz CT molecular complexity index is 526. The first-order valence-corrected chi connectivity index (χ1v) is 6.17. The third-order valence-electron chi connectivity index (χ3n) is 2.29. The third-order valence-corrected chi connectivity index (χ3v) is 3.60. The molecular weight excluding hydrogens is 250 g/mol. The van der Waals surface area contributed by atoms with Crippen LogP contribution in [0, 0.1) is 18.3 Å². The lowest BCUT2D eigenvalue weighted by atomic mass is 10.1. The summed E-state index contributed by atoms with van der Waals surface area (Å²) in [5.74, 6) is -0.296. The van der Waals surface area contributed by atoms with Crippen LogP contribution >= 0.6 is 11.3 Å². The van der Waals surface area contributed by atoms with E-state index in [1.54, 1.807) is 25.9 Å². The highest BCUT2D eigenvalue weighted by atomic mass is 32.1. The van der Waals surface area contributed by atoms with Gasteiger partial charge in [0.25, 0.3) is 0 Å². The van der Waals surface area contributed by atoms with Crippen molar-refractivity contribution in [1.29, 1.82) is 5.26 Å². The van der Waals surface area contributed by atoms with Crippen LogP contribution in [0.2, 0.25) is 0 Å². The number of nitrogens with one attached hydrogen (secondary N) is 1. The second kappa shape index (κ2) is 5.76. The summed E-state index contributed by atoms with van der Waals surface area (Å²) in [5.41, 5.74) is 1.01. The fourth-order valence-electron chi connectivity index (χ4n) is 1.53. The van der Waals surface area contributed by atoms with Crippen LogP contribution in [0.1, 0.15) is 27.7 Å². The van der Waals surface area contributed by atoms with Crippen LogP contribution in [-0.4, -0.2) is 37.2 Å². The molecule has 0 bridgehead atoms. The first kappa shape index (κ1) is 14.4. The van der Waals surface area contributed by atoms with Gasteiger partial charge in [-0.25, -0.2) is 0 Å². The highest BCUT2D eigenvalue weighted by Gasteiger charge is 2.19. The molecule has 0 aromatic carbocycles. The third kappa shape index (κ3) is 3.15. The molecule has 5 nitrogen and oxygen atoms in total. The van der Waals surface area contributed by atoms with Gasteiger partial charge in [0.1, 0.15) is 11.1 Å². The van der Waals surface area contributed by atoms with Gasteiger partial charge in [-0.3, -0.25) is 9.59 Å². The zero-order valence-corrected chi connectivity index (χ0v) is 11.6. The number of amides is 1. The average Bonchev–Trinajstić information content (AvgIpc) is 2.53. The molecule has 0 aliphatic rings. The van der Waals surface area contributed by atoms with Crippen molar-refractivity contribution in [2.45, 2.75) is 13.8 Å². The Labute approximate surface area is 110 Å². The predicted octanol–water partition coefficient (Wildman–Crippen LogP) is 1.63. The summed E-state index contributed by atoms with van der Waals surface area (Å²) in [6.45, 7) is 3.40. The van der Waals surface area contributed by atoms with Gasteiger partial charge in [0.2, 0.25) is 5.91 Å². The van der Waals surface area contributed by atoms with Crippen molar-refractivity contribution in [1.82, 2.24) is 4.90 Å². The Kier molecular flexibility index (Phi) is 4.59. The Morgan fingerprint density at radius 2 is 2.06 bits per heavy atom. The molecule has 0 saturated carbocycles. The molecule has 0 radical (unpaired) electrons. The lowest BCUT2D eigenvalue weighted by Gasteiger charge is -2.08. The molecule has 1 aromatic heterocycles. The van der Waals surface area contributed by atoms with Crippen LogP contribution in [0.15, 0.2) is 0 Å². The number of thiophene rings is 1. The van der Waals surface area contributed by atoms with Gasteiger partial charge in [-0.15, -0.1) is 11.3 Å². The molecular formula is C12H15N3O2S. The fourth-order valence-corrected chi connectivity index (χ4v) is 2.59. The number of anilines is 1. The number of Topliss-reactive ketones (excluding diaryl/α,β-unsaturated/α-hetero) is 1. The molecule has 6 heteroatoms. The first-order chi connectivity index (χ1) is 8.36. The van der Waals surface area contributed by atoms with Crippen LogP contribution in [0.3, 0.4) is 0 Å². The number of hydrogen-bond acceptors (Lipinski definition) is 5. The Hall–Kier alpha value is -1.71. The summed E-state index contributed by atoms with van der Waals surface area (Å²) in [6.07, 6.45) is 0. The summed E-state index contributed by atoms with van der Waals surface area (Å²) in [4.78, 5) is 25.3. The van der Waals surface area contributed by atoms with Crippen LogP contribution in [0.4, 0.5) is 5.00 Å². The minimum atomic E-state index is -0.201. The van der Waals surface area contributed by atoms with Crippen molar-refractivity contribution in [3.63, 3.8) is 0 Å². The number of nitrogens with zero attached hydrogens (tertiary/aromatic N) is 2. The monoisotopic (exact) mass is 265 g/mol. The number of ketones is 1. The lowest BCUT2D eigenvalue weighted by molar-refractivity contribution is -0.116. The van der Waals surface area contributed by atoms with E-state index in [2.05, 4.69) is 5.32 Å². The summed E-state index contributed by atoms with van der Waals surface area (Å²) < 4.78 is 0. The van der Waals surface area contributed by atoms with Gasteiger partial charge in [-0.1, -0.05) is 0 Å². The molecule has 1 amide bonds. The standard InChI is InChI=1S/C12H15N3O2S/c1-7-9(5-13)12(18-11(7)8(2)16)14-10(17)6-15(3)4/h6H2,1-4H3,(H,14,17). The zero-order valence-electron chi connectivity index (χ0n) is 10.8. The summed E-state index contributed by atoms with van der Waals surface area (Å²) >= 11 is 1.15. The normalized spacial score (nSPS) is 10.2. The van der Waals surface area contributed by atoms with Gasteiger partial charge in [0, 0.05) is 0 Å². The number of hydrogen-bond donors (Lipinski definition) is 1. The Balaban J connectivity index is 3.03. The van der Waals surface area contributed by atoms with E-state index in [1.807, 2.05) is 6.07 Å². The number of rotatable bonds is 4. The largest absolute Gasteiger partial charge is 0.315 e. The van der Waals surface area contributed by atoms with E-state index in [0.29, 0.717) is 21.0 Å². The van der Waals surface area contributed by atoms with Gasteiger partial charge < -0.3 is 10.2 Å². The fraction of sp³-hybridized carbons (Fsp3) is 0.417. The molecule has 1 N–H and O–H groups in total. The Morgan fingerprint density at radius 3 is 2.50 bits per heavy atom. The van der Waals surface area contributed by atoms with Crippen LogP contribution in [0.5, 0.6) is 0 Å². The minimum Gasteiger partial charge on any atom is -0.315 e. The Morgan fingerprint density at radius 1 is 1.44 bits per heavy atom. The topological polar surface area (TPSA) is 73.2 Å². The van der Waals surface area contributed by atoms with Crippen LogP contribution in [0.25, 0.3) is 0 Å². The van der Waals surface area contributed by atoms with Crippen molar-refractivity contribution >= 4 is 28.0 Å². The summed E-state index contributed by atoms with van der Waals surface area (Å²) in [5, 5.41) is 12.2. The maximum Gasteiger partial charge on any atom is 0.239 e. The van der Waals surface area contributed by atoms with Gasteiger partial charge in [0.05, 0.1) is 17.0 Å². The number of carbonyl (C=O) groups is 2. The van der Waals surface area contributed by atoms with E-state index in [-0.39, 0.29) is 18.2 Å². The van der Waals surface area contributed by atoms with E-state index in [1.165, 1.54) is 6.92 Å². The minimum absolute atomic E-state index is 0.0953. The van der Waals surface area contributed by atoms with Crippen molar-refractivity contribution in [2.75, 3.05) is 26.0 Å². The van der Waals surface area contributed by atoms with E-state index in [9.17, 15) is 9.59 Å². The predicted molar refractivity (Wildman–Crippen MR) is 71.0 cm³/mol. The quantitative estimate of drug-likeness (QED) is 0.840. The second-order valence-electron chi connectivity index (χ2n) is 4.21. The van der Waals surface area contributed by atoms with E-state index >= 15 is 0 Å². The van der Waals surface area contributed by atoms with Crippen molar-refractivity contribution < 1.29 is 9.59 Å². The number of nitriles is 1. The smallest absolute Gasteiger partial charge is 0.239 e. The van der Waals surface area contributed by atoms with Crippen molar-refractivity contribution in [3.05, 3.63) is 16.0 Å². The van der Waals surface area contributed by atoms with Gasteiger partial charge in [-0.05, 0) is 33.5 Å². The molecule has 1 heterocycles. The SMILES string of the molecule is CC(=O)c1sc(NC(=O)CN(C)C)c(C#N)c1C. The zero-order chi connectivity index (χ0) is 13.9. The van der Waals surface area contributed by atoms with E-state index in [4.69, 9.17) is 5.26 Å². The van der Waals surface area contributed by atoms with Crippen LogP contribution < -0.4 is 5.32 Å². The first-order valence-electron chi connectivity index (χ1n) is 5.35. The van der Waals surface area contributed by atoms with Crippen molar-refractivity contribution in [2.24, 2.45) is 0 Å². The molecule has 96 valence electrons. The molecule has 0 fully saturated rings. The molecule has 0 unspecified atom stereocenters. The maximum absolute atomic E-state index is 11.6. The molecule has 0 atom stereocenters. The average molecular weight is 265 g/mol. The second-order valence-corrected chi connectivity index (χ2v) is 5.23. The lowest BCUT2D eigenvalue weighted by Crippen LogP contribution is -2.27. The van der Waals surface area contributed by atoms with Gasteiger partial charge in [0.15, 0.2) is 5.78 Å². The molecule has 1 aromatic rings. The molecule has 0 aliphatic heterocycles. The molecule has 0 aliphatic carbocycles. The maximum atomic E-state index is 11.6. The molecule has 1 rings (SSSR count). The van der Waals surface area contributed by atoms with Gasteiger partial charge in [-0.2, -0.15) is 5.26 Å². The van der Waals surface area contributed by atoms with Crippen LogP contribution in [-0.2, 0) is 4.79 Å². The summed E-state index contributed by atoms with van der Waals surface area (Å²) in [6, 6.07) is 2.03. The molecule has 0 saturated heterocycles. The number of carbonyl (C=O) groups excluding carboxylic acids is 2. The molecule has 0 spiro atoms. The summed E-state index contributed by atoms with van der Waals surface area (Å²) in [7, 11) is 3.57. The molecule has 18 heavy (non-hydrogen) atoms. The van der Waals surface area contributed by atoms with Crippen molar-refractivity contribution in [3.8, 4) is 6.07 Å². The van der Waals surface area contributed by atoms with E-state index in [0.717, 1.165) is 11.3 Å². The highest BCUT2D eigenvalue weighted by molar-refractivity contribution is 7.18. The highest BCUT2D eigenvalue weighted by Crippen LogP contribution is 2.32. The van der Waals surface area contributed by atoms with E-state index < -0.39 is 0 Å². The van der Waals surface area contributed by atoms with Gasteiger partial charge >= 0.3 is 0 Å². The number of likely N-dealkylation sites (N-methyl/N-ethyl adjacent to an activating group) is 1.